The minimum Gasteiger partial charge on any atom is -0.481 e. The zero-order valence-corrected chi connectivity index (χ0v) is 10.9. The highest BCUT2D eigenvalue weighted by Gasteiger charge is 2.16. The molecule has 0 aromatic carbocycles. The van der Waals surface area contributed by atoms with Gasteiger partial charge in [-0.15, -0.1) is 0 Å². The summed E-state index contributed by atoms with van der Waals surface area (Å²) in [5.41, 5.74) is 2.15. The fraction of sp³-hybridized carbons (Fsp3) is 0.133. The van der Waals surface area contributed by atoms with Crippen LogP contribution < -0.4 is 0 Å². The van der Waals surface area contributed by atoms with E-state index in [0.29, 0.717) is 11.1 Å². The number of ketones is 1. The largest absolute Gasteiger partial charge is 0.481 e. The Morgan fingerprint density at radius 3 is 2.86 bits per heavy atom. The maximum absolute atomic E-state index is 11.8. The van der Waals surface area contributed by atoms with Crippen molar-refractivity contribution in [2.24, 2.45) is 0 Å². The molecule has 3 rings (SSSR count). The maximum atomic E-state index is 11.8. The van der Waals surface area contributed by atoms with E-state index in [1.807, 2.05) is 6.07 Å². The number of furan rings is 2. The standard InChI is InChI=1S/C15H11NO5/c17-12(1-2-15(18)19)13-5-9(7-20-13)11-8-21-14-6-16-4-3-10(11)14/h3-8H,1-2H2,(H,18,19). The molecule has 106 valence electrons. The van der Waals surface area contributed by atoms with Gasteiger partial charge in [0.05, 0.1) is 25.1 Å². The van der Waals surface area contributed by atoms with Crippen molar-refractivity contribution >= 4 is 22.7 Å². The fourth-order valence-corrected chi connectivity index (χ4v) is 2.07. The third kappa shape index (κ3) is 2.55. The molecule has 0 amide bonds. The van der Waals surface area contributed by atoms with Crippen molar-refractivity contribution in [3.8, 4) is 11.1 Å². The number of Topliss-reactive ketones (excluding diaryl/α,β-unsaturated/α-hetero) is 1. The fourth-order valence-electron chi connectivity index (χ4n) is 2.07. The molecule has 0 radical (unpaired) electrons. The molecule has 0 aliphatic rings. The molecular formula is C15H11NO5. The Morgan fingerprint density at radius 1 is 1.19 bits per heavy atom. The van der Waals surface area contributed by atoms with E-state index in [-0.39, 0.29) is 24.4 Å². The first-order valence-corrected chi connectivity index (χ1v) is 6.30. The number of carboxylic acid groups (broad SMARTS) is 1. The molecule has 6 nitrogen and oxygen atoms in total. The van der Waals surface area contributed by atoms with Gasteiger partial charge in [-0.2, -0.15) is 0 Å². The second-order valence-corrected chi connectivity index (χ2v) is 4.54. The van der Waals surface area contributed by atoms with Gasteiger partial charge in [0.25, 0.3) is 0 Å². The molecule has 0 saturated carbocycles. The zero-order valence-electron chi connectivity index (χ0n) is 10.9. The lowest BCUT2D eigenvalue weighted by Gasteiger charge is -1.93. The molecule has 3 aromatic rings. The van der Waals surface area contributed by atoms with Gasteiger partial charge in [0.1, 0.15) is 0 Å². The Morgan fingerprint density at radius 2 is 2.05 bits per heavy atom. The van der Waals surface area contributed by atoms with Crippen LogP contribution in [-0.4, -0.2) is 21.8 Å². The van der Waals surface area contributed by atoms with Crippen molar-refractivity contribution in [2.45, 2.75) is 12.8 Å². The average Bonchev–Trinajstić information content (AvgIpc) is 3.10. The normalized spacial score (nSPS) is 10.9. The predicted molar refractivity (Wildman–Crippen MR) is 72.9 cm³/mol. The summed E-state index contributed by atoms with van der Waals surface area (Å²) < 4.78 is 10.6. The first kappa shape index (κ1) is 13.1. The van der Waals surface area contributed by atoms with E-state index in [1.165, 1.54) is 6.26 Å². The Balaban J connectivity index is 1.88. The minimum absolute atomic E-state index is 0.0850. The van der Waals surface area contributed by atoms with Gasteiger partial charge in [-0.3, -0.25) is 14.6 Å². The first-order chi connectivity index (χ1) is 10.1. The molecule has 0 atom stereocenters. The van der Waals surface area contributed by atoms with Crippen LogP contribution in [0.5, 0.6) is 0 Å². The smallest absolute Gasteiger partial charge is 0.303 e. The van der Waals surface area contributed by atoms with E-state index in [1.54, 1.807) is 24.7 Å². The van der Waals surface area contributed by atoms with Crippen molar-refractivity contribution in [2.75, 3.05) is 0 Å². The number of pyridine rings is 1. The van der Waals surface area contributed by atoms with Crippen molar-refractivity contribution in [1.82, 2.24) is 4.98 Å². The maximum Gasteiger partial charge on any atom is 0.303 e. The van der Waals surface area contributed by atoms with Crippen LogP contribution in [-0.2, 0) is 4.79 Å². The molecule has 0 saturated heterocycles. The van der Waals surface area contributed by atoms with E-state index in [9.17, 15) is 9.59 Å². The lowest BCUT2D eigenvalue weighted by Crippen LogP contribution is -2.02. The third-order valence-corrected chi connectivity index (χ3v) is 3.13. The number of hydrogen-bond donors (Lipinski definition) is 1. The summed E-state index contributed by atoms with van der Waals surface area (Å²) in [4.78, 5) is 26.2. The van der Waals surface area contributed by atoms with Crippen LogP contribution in [0.3, 0.4) is 0 Å². The van der Waals surface area contributed by atoms with Crippen LogP contribution in [0.1, 0.15) is 23.4 Å². The SMILES string of the molecule is O=C(O)CCC(=O)c1cc(-c2coc3cnccc23)co1. The van der Waals surface area contributed by atoms with Gasteiger partial charge < -0.3 is 13.9 Å². The third-order valence-electron chi connectivity index (χ3n) is 3.13. The average molecular weight is 285 g/mol. The Labute approximate surface area is 119 Å². The lowest BCUT2D eigenvalue weighted by atomic mass is 10.1. The number of aromatic nitrogens is 1. The molecular weight excluding hydrogens is 274 g/mol. The summed E-state index contributed by atoms with van der Waals surface area (Å²) in [6, 6.07) is 3.40. The molecule has 3 heterocycles. The highest BCUT2D eigenvalue weighted by molar-refractivity contribution is 5.98. The van der Waals surface area contributed by atoms with Crippen molar-refractivity contribution in [3.63, 3.8) is 0 Å². The summed E-state index contributed by atoms with van der Waals surface area (Å²) in [5, 5.41) is 9.45. The second-order valence-electron chi connectivity index (χ2n) is 4.54. The number of rotatable bonds is 5. The Bertz CT molecular complexity index is 814. The van der Waals surface area contributed by atoms with Gasteiger partial charge in [-0.25, -0.2) is 0 Å². The van der Waals surface area contributed by atoms with Gasteiger partial charge in [0.15, 0.2) is 17.1 Å². The summed E-state index contributed by atoms with van der Waals surface area (Å²) >= 11 is 0. The summed E-state index contributed by atoms with van der Waals surface area (Å²) in [6.07, 6.45) is 5.99. The molecule has 3 aromatic heterocycles. The second kappa shape index (κ2) is 5.24. The Kier molecular flexibility index (Phi) is 3.27. The van der Waals surface area contributed by atoms with Crippen LogP contribution in [0.2, 0.25) is 0 Å². The van der Waals surface area contributed by atoms with Gasteiger partial charge in [-0.1, -0.05) is 0 Å². The van der Waals surface area contributed by atoms with E-state index >= 15 is 0 Å². The lowest BCUT2D eigenvalue weighted by molar-refractivity contribution is -0.136. The van der Waals surface area contributed by atoms with Crippen LogP contribution in [0.15, 0.2) is 45.9 Å². The van der Waals surface area contributed by atoms with Crippen molar-refractivity contribution in [3.05, 3.63) is 42.8 Å². The van der Waals surface area contributed by atoms with Gasteiger partial charge in [0.2, 0.25) is 0 Å². The molecule has 21 heavy (non-hydrogen) atoms. The van der Waals surface area contributed by atoms with E-state index in [4.69, 9.17) is 13.9 Å². The number of carboxylic acids is 1. The summed E-state index contributed by atoms with van der Waals surface area (Å²) in [5.74, 6) is -1.20. The van der Waals surface area contributed by atoms with Crippen LogP contribution in [0, 0.1) is 0 Å². The quantitative estimate of drug-likeness (QED) is 0.724. The van der Waals surface area contributed by atoms with Gasteiger partial charge >= 0.3 is 5.97 Å². The molecule has 0 bridgehead atoms. The Hall–Kier alpha value is -2.89. The number of nitrogens with zero attached hydrogens (tertiary/aromatic N) is 1. The summed E-state index contributed by atoms with van der Waals surface area (Å²) in [7, 11) is 0. The van der Waals surface area contributed by atoms with E-state index < -0.39 is 5.97 Å². The molecule has 0 unspecified atom stereocenters. The van der Waals surface area contributed by atoms with Crippen LogP contribution in [0.4, 0.5) is 0 Å². The van der Waals surface area contributed by atoms with Crippen LogP contribution in [0.25, 0.3) is 22.1 Å². The molecule has 6 heteroatoms. The number of fused-ring (bicyclic) bond motifs is 1. The highest BCUT2D eigenvalue weighted by atomic mass is 16.4. The minimum atomic E-state index is -1.01. The van der Waals surface area contributed by atoms with E-state index in [0.717, 1.165) is 10.9 Å². The first-order valence-electron chi connectivity index (χ1n) is 6.30. The number of carbonyl (C=O) groups excluding carboxylic acids is 1. The monoisotopic (exact) mass is 285 g/mol. The number of carbonyl (C=O) groups is 2. The van der Waals surface area contributed by atoms with E-state index in [2.05, 4.69) is 4.98 Å². The van der Waals surface area contributed by atoms with Crippen LogP contribution >= 0.6 is 0 Å². The van der Waals surface area contributed by atoms with Gasteiger partial charge in [0, 0.05) is 29.1 Å². The highest BCUT2D eigenvalue weighted by Crippen LogP contribution is 2.31. The molecule has 0 aliphatic carbocycles. The molecule has 0 spiro atoms. The van der Waals surface area contributed by atoms with Crippen molar-refractivity contribution < 1.29 is 23.5 Å². The summed E-state index contributed by atoms with van der Waals surface area (Å²) in [6.45, 7) is 0. The topological polar surface area (TPSA) is 93.5 Å². The number of aliphatic carboxylic acids is 1. The van der Waals surface area contributed by atoms with Crippen molar-refractivity contribution in [1.29, 1.82) is 0 Å². The molecule has 0 fully saturated rings. The molecule has 0 aliphatic heterocycles. The number of hydrogen-bond acceptors (Lipinski definition) is 5. The predicted octanol–water partition coefficient (Wildman–Crippen LogP) is 3.14. The molecule has 1 N–H and O–H groups in total. The van der Waals surface area contributed by atoms with Gasteiger partial charge in [-0.05, 0) is 12.1 Å². The zero-order chi connectivity index (χ0) is 14.8.